The molecule has 0 aliphatic carbocycles. The van der Waals surface area contributed by atoms with Gasteiger partial charge in [-0.25, -0.2) is 14.6 Å². The van der Waals surface area contributed by atoms with Crippen molar-refractivity contribution < 1.29 is 23.9 Å². The van der Waals surface area contributed by atoms with Gasteiger partial charge in [0.25, 0.3) is 11.8 Å². The molecule has 0 unspecified atom stereocenters. The summed E-state index contributed by atoms with van der Waals surface area (Å²) in [5.74, 6) is -0.490. The smallest absolute Gasteiger partial charge is 0.343 e. The van der Waals surface area contributed by atoms with Crippen LogP contribution in [0, 0.1) is 6.92 Å². The summed E-state index contributed by atoms with van der Waals surface area (Å²) in [5.41, 5.74) is 2.96. The number of ether oxygens (including phenoxy) is 2. The van der Waals surface area contributed by atoms with Crippen molar-refractivity contribution in [1.29, 1.82) is 0 Å². The number of imide groups is 2. The lowest BCUT2D eigenvalue weighted by Gasteiger charge is -2.34. The third-order valence-corrected chi connectivity index (χ3v) is 7.97. The van der Waals surface area contributed by atoms with Crippen LogP contribution in [0.15, 0.2) is 119 Å². The molecule has 1 heterocycles. The van der Waals surface area contributed by atoms with Crippen molar-refractivity contribution in [3.8, 4) is 11.5 Å². The van der Waals surface area contributed by atoms with Crippen LogP contribution >= 0.6 is 15.9 Å². The van der Waals surface area contributed by atoms with Gasteiger partial charge in [-0.1, -0.05) is 78.9 Å². The molecule has 6 rings (SSSR count). The zero-order valence-electron chi connectivity index (χ0n) is 24.7. The van der Waals surface area contributed by atoms with E-state index in [9.17, 15) is 14.4 Å². The fraction of sp³-hybridized carbons (Fsp3) is 0.108. The Morgan fingerprint density at radius 1 is 0.756 bits per heavy atom. The molecule has 1 saturated heterocycles. The molecule has 45 heavy (non-hydrogen) atoms. The minimum atomic E-state index is -0.745. The zero-order chi connectivity index (χ0) is 31.5. The molecule has 0 saturated carbocycles. The SMILES string of the molecule is CCOc1cc(/C=C2\C(=O)N(c3cccc(C)c3)C(=O)N(c3cccc4ccccc34)C2=O)cc(Br)c1OCc1ccccc1. The van der Waals surface area contributed by atoms with E-state index in [1.165, 1.54) is 6.08 Å². The maximum absolute atomic E-state index is 14.2. The number of halogens is 1. The second-order valence-electron chi connectivity index (χ2n) is 10.5. The molecule has 4 amide bonds. The Bertz CT molecular complexity index is 1970. The predicted octanol–water partition coefficient (Wildman–Crippen LogP) is 8.47. The molecule has 5 aromatic carbocycles. The first-order valence-electron chi connectivity index (χ1n) is 14.5. The Morgan fingerprint density at radius 2 is 1.47 bits per heavy atom. The van der Waals surface area contributed by atoms with Gasteiger partial charge in [-0.3, -0.25) is 9.59 Å². The lowest BCUT2D eigenvalue weighted by Crippen LogP contribution is -2.57. The second-order valence-corrected chi connectivity index (χ2v) is 11.4. The Labute approximate surface area is 269 Å². The molecule has 0 radical (unpaired) electrons. The van der Waals surface area contributed by atoms with Gasteiger partial charge in [0, 0.05) is 5.39 Å². The van der Waals surface area contributed by atoms with E-state index in [4.69, 9.17) is 9.47 Å². The Balaban J connectivity index is 1.46. The van der Waals surface area contributed by atoms with E-state index < -0.39 is 17.8 Å². The fourth-order valence-corrected chi connectivity index (χ4v) is 5.88. The van der Waals surface area contributed by atoms with Crippen molar-refractivity contribution in [3.63, 3.8) is 0 Å². The van der Waals surface area contributed by atoms with Crippen molar-refractivity contribution >= 4 is 62.0 Å². The predicted molar refractivity (Wildman–Crippen MR) is 180 cm³/mol. The first-order valence-corrected chi connectivity index (χ1v) is 15.3. The first kappa shape index (κ1) is 29.8. The van der Waals surface area contributed by atoms with E-state index in [-0.39, 0.29) is 5.57 Å². The number of hydrogen-bond donors (Lipinski definition) is 0. The Hall–Kier alpha value is -5.21. The van der Waals surface area contributed by atoms with Gasteiger partial charge in [-0.05, 0) is 88.3 Å². The monoisotopic (exact) mass is 660 g/mol. The summed E-state index contributed by atoms with van der Waals surface area (Å²) < 4.78 is 12.6. The molecule has 1 aliphatic heterocycles. The summed E-state index contributed by atoms with van der Waals surface area (Å²) >= 11 is 3.60. The van der Waals surface area contributed by atoms with Crippen LogP contribution in [0.4, 0.5) is 16.2 Å². The minimum Gasteiger partial charge on any atom is -0.490 e. The number of barbiturate groups is 1. The second kappa shape index (κ2) is 12.8. The lowest BCUT2D eigenvalue weighted by atomic mass is 10.0. The molecule has 8 heteroatoms. The number of carbonyl (C=O) groups excluding carboxylic acids is 3. The van der Waals surface area contributed by atoms with E-state index in [0.717, 1.165) is 26.3 Å². The molecule has 0 spiro atoms. The maximum Gasteiger partial charge on any atom is 0.343 e. The largest absolute Gasteiger partial charge is 0.490 e. The summed E-state index contributed by atoms with van der Waals surface area (Å²) in [6, 6.07) is 32.5. The normalized spacial score (nSPS) is 14.4. The highest BCUT2D eigenvalue weighted by molar-refractivity contribution is 9.10. The highest BCUT2D eigenvalue weighted by Gasteiger charge is 2.44. The Morgan fingerprint density at radius 3 is 2.24 bits per heavy atom. The van der Waals surface area contributed by atoms with Crippen molar-refractivity contribution in [1.82, 2.24) is 0 Å². The third-order valence-electron chi connectivity index (χ3n) is 7.39. The Kier molecular flexibility index (Phi) is 8.49. The van der Waals surface area contributed by atoms with E-state index in [2.05, 4.69) is 15.9 Å². The number of aryl methyl sites for hydroxylation is 1. The van der Waals surface area contributed by atoms with Crippen LogP contribution < -0.4 is 19.3 Å². The summed E-state index contributed by atoms with van der Waals surface area (Å²) in [4.78, 5) is 44.4. The van der Waals surface area contributed by atoms with Crippen LogP contribution in [0.1, 0.15) is 23.6 Å². The van der Waals surface area contributed by atoms with E-state index >= 15 is 0 Å². The molecule has 0 aromatic heterocycles. The molecular weight excluding hydrogens is 632 g/mol. The van der Waals surface area contributed by atoms with Crippen molar-refractivity contribution in [2.45, 2.75) is 20.5 Å². The topological polar surface area (TPSA) is 76.2 Å². The molecule has 7 nitrogen and oxygen atoms in total. The number of anilines is 2. The summed E-state index contributed by atoms with van der Waals surface area (Å²) in [6.07, 6.45) is 1.49. The quantitative estimate of drug-likeness (QED) is 0.123. The zero-order valence-corrected chi connectivity index (χ0v) is 26.3. The van der Waals surface area contributed by atoms with Crippen LogP contribution in [-0.4, -0.2) is 24.5 Å². The number of hydrogen-bond acceptors (Lipinski definition) is 5. The number of rotatable bonds is 8. The lowest BCUT2D eigenvalue weighted by molar-refractivity contribution is -0.121. The minimum absolute atomic E-state index is 0.170. The van der Waals surface area contributed by atoms with Crippen molar-refractivity contribution in [3.05, 3.63) is 136 Å². The molecule has 224 valence electrons. The first-order chi connectivity index (χ1) is 21.9. The number of amides is 4. The van der Waals surface area contributed by atoms with Gasteiger partial charge in [0.2, 0.25) is 0 Å². The highest BCUT2D eigenvalue weighted by atomic mass is 79.9. The molecule has 5 aromatic rings. The summed E-state index contributed by atoms with van der Waals surface area (Å²) in [5, 5.41) is 1.57. The summed E-state index contributed by atoms with van der Waals surface area (Å²) in [6.45, 7) is 4.43. The van der Waals surface area contributed by atoms with Crippen LogP contribution in [0.2, 0.25) is 0 Å². The molecule has 0 N–H and O–H groups in total. The molecular formula is C37H29BrN2O5. The highest BCUT2D eigenvalue weighted by Crippen LogP contribution is 2.39. The molecule has 0 atom stereocenters. The summed E-state index contributed by atoms with van der Waals surface area (Å²) in [7, 11) is 0. The third kappa shape index (κ3) is 5.97. The van der Waals surface area contributed by atoms with E-state index in [1.807, 2.05) is 80.6 Å². The van der Waals surface area contributed by atoms with Crippen LogP contribution in [0.5, 0.6) is 11.5 Å². The van der Waals surface area contributed by atoms with Gasteiger partial charge in [-0.15, -0.1) is 0 Å². The van der Waals surface area contributed by atoms with E-state index in [1.54, 1.807) is 42.5 Å². The molecule has 1 fully saturated rings. The number of urea groups is 1. The van der Waals surface area contributed by atoms with Gasteiger partial charge in [-0.2, -0.15) is 0 Å². The number of carbonyl (C=O) groups is 3. The van der Waals surface area contributed by atoms with Crippen LogP contribution in [-0.2, 0) is 16.2 Å². The fourth-order valence-electron chi connectivity index (χ4n) is 5.31. The van der Waals surface area contributed by atoms with Crippen molar-refractivity contribution in [2.24, 2.45) is 0 Å². The number of benzene rings is 5. The average molecular weight is 662 g/mol. The number of fused-ring (bicyclic) bond motifs is 1. The van der Waals surface area contributed by atoms with Crippen LogP contribution in [0.3, 0.4) is 0 Å². The van der Waals surface area contributed by atoms with Crippen LogP contribution in [0.25, 0.3) is 16.8 Å². The van der Waals surface area contributed by atoms with Gasteiger partial charge >= 0.3 is 6.03 Å². The van der Waals surface area contributed by atoms with Gasteiger partial charge in [0.1, 0.15) is 12.2 Å². The standard InChI is InChI=1S/C37H29BrN2O5/c1-3-44-33-22-26(21-31(38)34(33)45-23-25-12-5-4-6-13-25)20-30-35(41)39(28-16-9-11-24(2)19-28)37(43)40(36(30)42)32-18-10-15-27-14-7-8-17-29(27)32/h4-22H,3,23H2,1-2H3/b30-20+. The van der Waals surface area contributed by atoms with Gasteiger partial charge in [0.15, 0.2) is 11.5 Å². The maximum atomic E-state index is 14.2. The van der Waals surface area contributed by atoms with E-state index in [0.29, 0.717) is 51.5 Å². The molecule has 0 bridgehead atoms. The van der Waals surface area contributed by atoms with Gasteiger partial charge in [0.05, 0.1) is 22.5 Å². The molecule has 1 aliphatic rings. The average Bonchev–Trinajstić information content (AvgIpc) is 3.03. The van der Waals surface area contributed by atoms with Gasteiger partial charge < -0.3 is 9.47 Å². The number of nitrogens with zero attached hydrogens (tertiary/aromatic N) is 2. The van der Waals surface area contributed by atoms with Crippen molar-refractivity contribution in [2.75, 3.05) is 16.4 Å².